The van der Waals surface area contributed by atoms with E-state index in [-0.39, 0.29) is 6.10 Å². The van der Waals surface area contributed by atoms with Gasteiger partial charge in [0.25, 0.3) is 0 Å². The van der Waals surface area contributed by atoms with E-state index < -0.39 is 0 Å². The van der Waals surface area contributed by atoms with Gasteiger partial charge in [-0.2, -0.15) is 5.10 Å². The Kier molecular flexibility index (Phi) is 5.03. The zero-order valence-electron chi connectivity index (χ0n) is 12.5. The molecule has 0 aromatic carbocycles. The molecule has 0 saturated heterocycles. The van der Waals surface area contributed by atoms with Crippen molar-refractivity contribution in [1.82, 2.24) is 9.78 Å². The van der Waals surface area contributed by atoms with Crippen LogP contribution in [0.15, 0.2) is 12.3 Å². The molecule has 19 heavy (non-hydrogen) atoms. The zero-order chi connectivity index (χ0) is 13.8. The summed E-state index contributed by atoms with van der Waals surface area (Å²) in [5.41, 5.74) is 1.13. The minimum absolute atomic E-state index is 0.264. The number of aliphatic hydroxyl groups is 1. The Balaban J connectivity index is 1.99. The maximum atomic E-state index is 9.86. The molecule has 0 spiro atoms. The van der Waals surface area contributed by atoms with E-state index in [2.05, 4.69) is 30.8 Å². The van der Waals surface area contributed by atoms with Gasteiger partial charge in [-0.05, 0) is 44.1 Å². The Hall–Kier alpha value is -0.830. The van der Waals surface area contributed by atoms with Gasteiger partial charge < -0.3 is 5.11 Å². The third-order valence-corrected chi connectivity index (χ3v) is 4.53. The maximum Gasteiger partial charge on any atom is 0.0628 e. The van der Waals surface area contributed by atoms with Crippen molar-refractivity contribution in [2.75, 3.05) is 0 Å². The Morgan fingerprint density at radius 3 is 2.53 bits per heavy atom. The highest BCUT2D eigenvalue weighted by atomic mass is 16.3. The predicted octanol–water partition coefficient (Wildman–Crippen LogP) is 3.58. The van der Waals surface area contributed by atoms with Crippen molar-refractivity contribution < 1.29 is 5.11 Å². The van der Waals surface area contributed by atoms with Gasteiger partial charge in [0.2, 0.25) is 0 Å². The second-order valence-corrected chi connectivity index (χ2v) is 6.43. The molecular weight excluding hydrogens is 236 g/mol. The topological polar surface area (TPSA) is 38.0 Å². The Morgan fingerprint density at radius 1 is 1.26 bits per heavy atom. The molecule has 1 aromatic rings. The minimum atomic E-state index is -0.264. The highest BCUT2D eigenvalue weighted by Gasteiger charge is 2.21. The van der Waals surface area contributed by atoms with Crippen LogP contribution in [0.5, 0.6) is 0 Å². The van der Waals surface area contributed by atoms with Crippen molar-refractivity contribution in [3.05, 3.63) is 18.0 Å². The van der Waals surface area contributed by atoms with E-state index in [0.29, 0.717) is 17.9 Å². The lowest BCUT2D eigenvalue weighted by atomic mass is 9.87. The molecule has 3 heteroatoms. The number of hydrogen-bond donors (Lipinski definition) is 1. The second-order valence-electron chi connectivity index (χ2n) is 6.43. The number of aliphatic hydroxyl groups excluding tert-OH is 1. The predicted molar refractivity (Wildman–Crippen MR) is 78.1 cm³/mol. The molecule has 1 aromatic heterocycles. The van der Waals surface area contributed by atoms with Crippen LogP contribution < -0.4 is 0 Å². The van der Waals surface area contributed by atoms with Gasteiger partial charge in [-0.25, -0.2) is 0 Å². The Labute approximate surface area is 117 Å². The van der Waals surface area contributed by atoms with E-state index in [1.807, 2.05) is 6.92 Å². The number of nitrogens with zero attached hydrogens (tertiary/aromatic N) is 2. The van der Waals surface area contributed by atoms with E-state index in [9.17, 15) is 5.11 Å². The monoisotopic (exact) mass is 264 g/mol. The first-order chi connectivity index (χ1) is 9.08. The fourth-order valence-electron chi connectivity index (χ4n) is 3.24. The number of hydrogen-bond acceptors (Lipinski definition) is 2. The van der Waals surface area contributed by atoms with Crippen LogP contribution >= 0.6 is 0 Å². The maximum absolute atomic E-state index is 9.86. The van der Waals surface area contributed by atoms with Crippen LogP contribution in [0.4, 0.5) is 0 Å². The van der Waals surface area contributed by atoms with Crippen molar-refractivity contribution >= 4 is 0 Å². The molecule has 108 valence electrons. The molecule has 0 aliphatic heterocycles. The summed E-state index contributed by atoms with van der Waals surface area (Å²) in [6.07, 6.45) is 9.34. The lowest BCUT2D eigenvalue weighted by Gasteiger charge is -2.23. The van der Waals surface area contributed by atoms with Gasteiger partial charge in [0.1, 0.15) is 0 Å². The van der Waals surface area contributed by atoms with Crippen LogP contribution in [-0.2, 0) is 6.42 Å². The molecule has 2 rings (SSSR count). The molecule has 2 atom stereocenters. The number of rotatable bonds is 5. The lowest BCUT2D eigenvalue weighted by Crippen LogP contribution is -2.25. The summed E-state index contributed by atoms with van der Waals surface area (Å²) in [5, 5.41) is 14.6. The third kappa shape index (κ3) is 3.82. The molecule has 1 saturated carbocycles. The first-order valence-corrected chi connectivity index (χ1v) is 7.80. The highest BCUT2D eigenvalue weighted by molar-refractivity contribution is 5.02. The molecule has 0 amide bonds. The molecule has 2 unspecified atom stereocenters. The van der Waals surface area contributed by atoms with Gasteiger partial charge in [0.15, 0.2) is 0 Å². The van der Waals surface area contributed by atoms with E-state index in [1.54, 1.807) is 0 Å². The van der Waals surface area contributed by atoms with Gasteiger partial charge >= 0.3 is 0 Å². The molecule has 1 fully saturated rings. The highest BCUT2D eigenvalue weighted by Crippen LogP contribution is 2.28. The van der Waals surface area contributed by atoms with Crippen molar-refractivity contribution in [2.24, 2.45) is 11.8 Å². The van der Waals surface area contributed by atoms with Crippen LogP contribution in [-0.4, -0.2) is 21.0 Å². The smallest absolute Gasteiger partial charge is 0.0628 e. The SMILES string of the molecule is CC(C)C(Cc1ccn(C2CCCCC2)n1)C(C)O. The molecular formula is C16H28N2O. The second kappa shape index (κ2) is 6.56. The molecule has 3 nitrogen and oxygen atoms in total. The average molecular weight is 264 g/mol. The quantitative estimate of drug-likeness (QED) is 0.882. The fourth-order valence-corrected chi connectivity index (χ4v) is 3.24. The summed E-state index contributed by atoms with van der Waals surface area (Å²) < 4.78 is 2.16. The Bertz CT molecular complexity index is 370. The van der Waals surface area contributed by atoms with Crippen LogP contribution in [0.2, 0.25) is 0 Å². The van der Waals surface area contributed by atoms with Gasteiger partial charge in [-0.1, -0.05) is 33.1 Å². The van der Waals surface area contributed by atoms with Gasteiger partial charge in [-0.15, -0.1) is 0 Å². The first kappa shape index (κ1) is 14.6. The van der Waals surface area contributed by atoms with Crippen LogP contribution in [0, 0.1) is 11.8 Å². The molecule has 1 aliphatic rings. The molecule has 1 heterocycles. The largest absolute Gasteiger partial charge is 0.393 e. The molecule has 0 bridgehead atoms. The molecule has 1 aliphatic carbocycles. The van der Waals surface area contributed by atoms with Crippen molar-refractivity contribution in [1.29, 1.82) is 0 Å². The van der Waals surface area contributed by atoms with Gasteiger partial charge in [-0.3, -0.25) is 4.68 Å². The van der Waals surface area contributed by atoms with Crippen LogP contribution in [0.25, 0.3) is 0 Å². The van der Waals surface area contributed by atoms with Crippen molar-refractivity contribution in [3.63, 3.8) is 0 Å². The minimum Gasteiger partial charge on any atom is -0.393 e. The summed E-state index contributed by atoms with van der Waals surface area (Å²) in [6, 6.07) is 2.73. The van der Waals surface area contributed by atoms with Gasteiger partial charge in [0.05, 0.1) is 17.8 Å². The third-order valence-electron chi connectivity index (χ3n) is 4.53. The zero-order valence-corrected chi connectivity index (χ0v) is 12.5. The first-order valence-electron chi connectivity index (χ1n) is 7.80. The fraction of sp³-hybridized carbons (Fsp3) is 0.812. The molecule has 1 N–H and O–H groups in total. The summed E-state index contributed by atoms with van der Waals surface area (Å²) in [4.78, 5) is 0. The molecule has 0 radical (unpaired) electrons. The van der Waals surface area contributed by atoms with E-state index in [0.717, 1.165) is 12.1 Å². The summed E-state index contributed by atoms with van der Waals surface area (Å²) in [5.74, 6) is 0.787. The lowest BCUT2D eigenvalue weighted by molar-refractivity contribution is 0.0969. The summed E-state index contributed by atoms with van der Waals surface area (Å²) >= 11 is 0. The van der Waals surface area contributed by atoms with Crippen molar-refractivity contribution in [3.8, 4) is 0 Å². The van der Waals surface area contributed by atoms with Crippen molar-refractivity contribution in [2.45, 2.75) is 71.4 Å². The Morgan fingerprint density at radius 2 is 1.95 bits per heavy atom. The van der Waals surface area contributed by atoms with E-state index in [4.69, 9.17) is 5.10 Å². The standard InChI is InChI=1S/C16H28N2O/c1-12(2)16(13(3)19)11-14-9-10-18(17-14)15-7-5-4-6-8-15/h9-10,12-13,15-16,19H,4-8,11H2,1-3H3. The average Bonchev–Trinajstić information content (AvgIpc) is 2.85. The van der Waals surface area contributed by atoms with Crippen LogP contribution in [0.3, 0.4) is 0 Å². The summed E-state index contributed by atoms with van der Waals surface area (Å²) in [6.45, 7) is 6.24. The van der Waals surface area contributed by atoms with Crippen LogP contribution in [0.1, 0.15) is 64.6 Å². The number of aromatic nitrogens is 2. The van der Waals surface area contributed by atoms with E-state index in [1.165, 1.54) is 32.1 Å². The summed E-state index contributed by atoms with van der Waals surface area (Å²) in [7, 11) is 0. The normalized spacial score (nSPS) is 20.7. The van der Waals surface area contributed by atoms with E-state index >= 15 is 0 Å². The van der Waals surface area contributed by atoms with Gasteiger partial charge in [0, 0.05) is 6.20 Å².